The smallest absolute Gasteiger partial charge is 0.341 e. The van der Waals surface area contributed by atoms with Crippen molar-refractivity contribution in [3.8, 4) is 6.07 Å². The van der Waals surface area contributed by atoms with E-state index in [1.807, 2.05) is 6.92 Å². The van der Waals surface area contributed by atoms with Gasteiger partial charge in [0.15, 0.2) is 17.1 Å². The Hall–Kier alpha value is -3.90. The summed E-state index contributed by atoms with van der Waals surface area (Å²) in [6, 6.07) is 8.25. The van der Waals surface area contributed by atoms with Crippen LogP contribution in [0.15, 0.2) is 47.4 Å². The second-order valence-electron chi connectivity index (χ2n) is 6.82. The lowest BCUT2D eigenvalue weighted by molar-refractivity contribution is -0.114. The number of thiophene rings is 1. The van der Waals surface area contributed by atoms with Gasteiger partial charge >= 0.3 is 5.97 Å². The van der Waals surface area contributed by atoms with Gasteiger partial charge in [0.1, 0.15) is 11.1 Å². The van der Waals surface area contributed by atoms with Gasteiger partial charge in [-0.25, -0.2) is 4.79 Å². The first kappa shape index (κ1) is 24.4. The maximum atomic E-state index is 12.8. The number of aryl methyl sites for hydroxylation is 2. The maximum Gasteiger partial charge on any atom is 0.341 e. The zero-order valence-corrected chi connectivity index (χ0v) is 18.9. The normalized spacial score (nSPS) is 11.9. The number of rotatable bonds is 8. The summed E-state index contributed by atoms with van der Waals surface area (Å²) in [5, 5.41) is 23.0. The number of anilines is 1. The standard InChI is InChI=1S/C23H23N3O5S/c1-5-31-23(30)19-13(3)14(4)32-22(19)26-17(20(28)16(11-24)21(25)29)10-18(27)15-8-6-12(2)7-9-15/h6-10,26,28H,5H2,1-4H3,(H2,25,29)/b17-10-,20-16-. The highest BCUT2D eigenvalue weighted by Gasteiger charge is 2.24. The molecule has 0 saturated heterocycles. The zero-order chi connectivity index (χ0) is 24.0. The van der Waals surface area contributed by atoms with Gasteiger partial charge in [0.25, 0.3) is 5.91 Å². The molecule has 166 valence electrons. The van der Waals surface area contributed by atoms with E-state index in [0.717, 1.165) is 16.5 Å². The molecular formula is C23H23N3O5S. The third-order valence-corrected chi connectivity index (χ3v) is 5.70. The van der Waals surface area contributed by atoms with Crippen molar-refractivity contribution in [1.82, 2.24) is 0 Å². The SMILES string of the molecule is CCOC(=O)c1c(NC(=C\C(=O)c2ccc(C)cc2)/C(O)=C(\C#N)C(N)=O)sc(C)c1C. The lowest BCUT2D eigenvalue weighted by Gasteiger charge is -2.12. The quantitative estimate of drug-likeness (QED) is 0.138. The van der Waals surface area contributed by atoms with E-state index in [1.165, 1.54) is 17.4 Å². The van der Waals surface area contributed by atoms with Gasteiger partial charge in [0.2, 0.25) is 0 Å². The molecule has 2 aromatic rings. The molecular weight excluding hydrogens is 430 g/mol. The van der Waals surface area contributed by atoms with Gasteiger partial charge in [-0.1, -0.05) is 29.8 Å². The number of primary amides is 1. The molecule has 0 unspecified atom stereocenters. The summed E-state index contributed by atoms with van der Waals surface area (Å²) in [5.41, 5.74) is 6.38. The van der Waals surface area contributed by atoms with Crippen LogP contribution in [0.4, 0.5) is 5.00 Å². The van der Waals surface area contributed by atoms with Crippen molar-refractivity contribution in [3.63, 3.8) is 0 Å². The number of nitrogens with zero attached hydrogens (tertiary/aromatic N) is 1. The van der Waals surface area contributed by atoms with Crippen molar-refractivity contribution in [1.29, 1.82) is 5.26 Å². The average Bonchev–Trinajstić information content (AvgIpc) is 3.01. The molecule has 0 atom stereocenters. The number of benzene rings is 1. The summed E-state index contributed by atoms with van der Waals surface area (Å²) < 4.78 is 5.11. The van der Waals surface area contributed by atoms with Crippen LogP contribution >= 0.6 is 11.3 Å². The third kappa shape index (κ3) is 5.42. The number of ketones is 1. The van der Waals surface area contributed by atoms with Crippen LogP contribution < -0.4 is 11.1 Å². The molecule has 9 heteroatoms. The lowest BCUT2D eigenvalue weighted by Crippen LogP contribution is -2.18. The van der Waals surface area contributed by atoms with Crippen LogP contribution in [0, 0.1) is 32.1 Å². The molecule has 1 aromatic carbocycles. The highest BCUT2D eigenvalue weighted by molar-refractivity contribution is 7.16. The Morgan fingerprint density at radius 2 is 1.84 bits per heavy atom. The van der Waals surface area contributed by atoms with Crippen LogP contribution in [-0.4, -0.2) is 29.4 Å². The molecule has 0 aliphatic rings. The zero-order valence-electron chi connectivity index (χ0n) is 18.1. The minimum Gasteiger partial charge on any atom is -0.504 e. The molecule has 2 rings (SSSR count). The summed E-state index contributed by atoms with van der Waals surface area (Å²) in [4.78, 5) is 37.7. The van der Waals surface area contributed by atoms with Gasteiger partial charge in [-0.2, -0.15) is 5.26 Å². The molecule has 1 aromatic heterocycles. The van der Waals surface area contributed by atoms with E-state index < -0.39 is 29.0 Å². The monoisotopic (exact) mass is 453 g/mol. The number of nitrogens with two attached hydrogens (primary N) is 1. The van der Waals surface area contributed by atoms with Crippen molar-refractivity contribution in [3.05, 3.63) is 74.5 Å². The number of aliphatic hydroxyl groups is 1. The Bertz CT molecular complexity index is 1170. The first-order valence-electron chi connectivity index (χ1n) is 9.61. The number of carbonyl (C=O) groups is 3. The van der Waals surface area contributed by atoms with E-state index >= 15 is 0 Å². The van der Waals surface area contributed by atoms with E-state index in [4.69, 9.17) is 10.5 Å². The van der Waals surface area contributed by atoms with E-state index in [0.29, 0.717) is 11.1 Å². The first-order valence-corrected chi connectivity index (χ1v) is 10.4. The molecule has 0 bridgehead atoms. The Morgan fingerprint density at radius 1 is 1.22 bits per heavy atom. The largest absolute Gasteiger partial charge is 0.504 e. The molecule has 1 heterocycles. The number of aliphatic hydroxyl groups excluding tert-OH is 1. The topological polar surface area (TPSA) is 143 Å². The first-order chi connectivity index (χ1) is 15.1. The molecule has 0 spiro atoms. The molecule has 0 fully saturated rings. The predicted octanol–water partition coefficient (Wildman–Crippen LogP) is 3.85. The molecule has 4 N–H and O–H groups in total. The number of hydrogen-bond acceptors (Lipinski definition) is 8. The van der Waals surface area contributed by atoms with Gasteiger partial charge < -0.3 is 20.9 Å². The summed E-state index contributed by atoms with van der Waals surface area (Å²) in [5.74, 6) is -3.05. The summed E-state index contributed by atoms with van der Waals surface area (Å²) >= 11 is 1.20. The van der Waals surface area contributed by atoms with E-state index in [9.17, 15) is 24.8 Å². The Balaban J connectivity index is 2.64. The van der Waals surface area contributed by atoms with Gasteiger partial charge in [-0.15, -0.1) is 11.3 Å². The van der Waals surface area contributed by atoms with Crippen molar-refractivity contribution < 1.29 is 24.2 Å². The Kier molecular flexibility index (Phi) is 7.93. The minimum absolute atomic E-state index is 0.159. The molecule has 0 aliphatic carbocycles. The second kappa shape index (κ2) is 10.4. The summed E-state index contributed by atoms with van der Waals surface area (Å²) in [7, 11) is 0. The maximum absolute atomic E-state index is 12.8. The van der Waals surface area contributed by atoms with Crippen LogP contribution in [0.25, 0.3) is 0 Å². The molecule has 1 amide bonds. The van der Waals surface area contributed by atoms with E-state index in [2.05, 4.69) is 5.32 Å². The Morgan fingerprint density at radius 3 is 2.38 bits per heavy atom. The van der Waals surface area contributed by atoms with Crippen LogP contribution in [-0.2, 0) is 9.53 Å². The number of nitrogens with one attached hydrogen (secondary N) is 1. The van der Waals surface area contributed by atoms with Crippen molar-refractivity contribution >= 4 is 34.0 Å². The molecule has 32 heavy (non-hydrogen) atoms. The molecule has 0 aliphatic heterocycles. The predicted molar refractivity (Wildman–Crippen MR) is 121 cm³/mol. The van der Waals surface area contributed by atoms with E-state index in [1.54, 1.807) is 45.0 Å². The fourth-order valence-corrected chi connectivity index (χ4v) is 3.80. The number of carbonyl (C=O) groups excluding carboxylic acids is 3. The fourth-order valence-electron chi connectivity index (χ4n) is 2.74. The third-order valence-electron chi connectivity index (χ3n) is 4.57. The van der Waals surface area contributed by atoms with Crippen LogP contribution in [0.2, 0.25) is 0 Å². The Labute approximate surface area is 189 Å². The van der Waals surface area contributed by atoms with Crippen LogP contribution in [0.3, 0.4) is 0 Å². The fraction of sp³-hybridized carbons (Fsp3) is 0.217. The number of allylic oxidation sites excluding steroid dienone is 1. The number of esters is 1. The number of ether oxygens (including phenoxy) is 1. The number of nitriles is 1. The minimum atomic E-state index is -1.16. The summed E-state index contributed by atoms with van der Waals surface area (Å²) in [6.07, 6.45) is 1.04. The second-order valence-corrected chi connectivity index (χ2v) is 8.05. The molecule has 0 saturated carbocycles. The van der Waals surface area contributed by atoms with Gasteiger partial charge in [-0.05, 0) is 33.3 Å². The van der Waals surface area contributed by atoms with Gasteiger partial charge in [0.05, 0.1) is 17.9 Å². The summed E-state index contributed by atoms with van der Waals surface area (Å²) in [6.45, 7) is 7.24. The average molecular weight is 454 g/mol. The van der Waals surface area contributed by atoms with Crippen LogP contribution in [0.5, 0.6) is 0 Å². The highest BCUT2D eigenvalue weighted by atomic mass is 32.1. The van der Waals surface area contributed by atoms with E-state index in [-0.39, 0.29) is 22.9 Å². The molecule has 8 nitrogen and oxygen atoms in total. The van der Waals surface area contributed by atoms with Crippen molar-refractivity contribution in [2.75, 3.05) is 11.9 Å². The molecule has 0 radical (unpaired) electrons. The lowest BCUT2D eigenvalue weighted by atomic mass is 10.1. The number of hydrogen-bond donors (Lipinski definition) is 3. The van der Waals surface area contributed by atoms with Crippen molar-refractivity contribution in [2.24, 2.45) is 5.73 Å². The number of amides is 1. The van der Waals surface area contributed by atoms with Crippen molar-refractivity contribution in [2.45, 2.75) is 27.7 Å². The highest BCUT2D eigenvalue weighted by Crippen LogP contribution is 2.35. The van der Waals surface area contributed by atoms with Crippen LogP contribution in [0.1, 0.15) is 43.6 Å². The van der Waals surface area contributed by atoms with Gasteiger partial charge in [0, 0.05) is 16.5 Å². The van der Waals surface area contributed by atoms with Gasteiger partial charge in [-0.3, -0.25) is 9.59 Å².